The Morgan fingerprint density at radius 3 is 2.38 bits per heavy atom. The molecule has 2 fully saturated rings. The number of anilines is 1. The molecule has 1 aromatic rings. The highest BCUT2D eigenvalue weighted by atomic mass is 35.5. The Kier molecular flexibility index (Phi) is 7.14. The average Bonchev–Trinajstić information content (AvgIpc) is 3.41. The lowest BCUT2D eigenvalue weighted by atomic mass is 9.92. The second kappa shape index (κ2) is 8.82. The van der Waals surface area contributed by atoms with Gasteiger partial charge in [-0.25, -0.2) is 18.5 Å². The zero-order valence-corrected chi connectivity index (χ0v) is 19.2. The molecule has 0 amide bonds. The third-order valence-electron chi connectivity index (χ3n) is 4.68. The van der Waals surface area contributed by atoms with Crippen LogP contribution < -0.4 is 11.4 Å². The summed E-state index contributed by atoms with van der Waals surface area (Å²) in [5.74, 6) is -0.509. The van der Waals surface area contributed by atoms with E-state index in [2.05, 4.69) is 18.1 Å². The molecule has 1 aromatic heterocycles. The maximum atomic E-state index is 12.1. The van der Waals surface area contributed by atoms with Crippen molar-refractivity contribution in [1.82, 2.24) is 9.55 Å². The van der Waals surface area contributed by atoms with Crippen LogP contribution in [0.25, 0.3) is 0 Å². The minimum absolute atomic E-state index is 0.0722. The Hall–Kier alpha value is -0.700. The van der Waals surface area contributed by atoms with Gasteiger partial charge < -0.3 is 35.2 Å². The number of ether oxygens (including phenoxy) is 1. The number of halogens is 1. The number of nitrogen functional groups attached to an aromatic ring is 1. The van der Waals surface area contributed by atoms with E-state index in [4.69, 9.17) is 31.9 Å². The second-order valence-electron chi connectivity index (χ2n) is 7.03. The molecule has 7 N–H and O–H groups in total. The summed E-state index contributed by atoms with van der Waals surface area (Å²) in [6, 6.07) is 1.28. The van der Waals surface area contributed by atoms with Crippen molar-refractivity contribution >= 4 is 40.9 Å². The molecule has 0 bridgehead atoms. The fourth-order valence-electron chi connectivity index (χ4n) is 3.25. The monoisotopic (exact) mass is 541 g/mol. The average molecular weight is 542 g/mol. The first-order valence-electron chi connectivity index (χ1n) is 8.68. The fourth-order valence-corrected chi connectivity index (χ4v) is 6.69. The number of nitrogens with two attached hydrogens (primary N) is 1. The van der Waals surface area contributed by atoms with Crippen LogP contribution in [-0.2, 0) is 31.6 Å². The molecule has 182 valence electrons. The van der Waals surface area contributed by atoms with E-state index in [9.17, 15) is 33.4 Å². The number of alkyl halides is 1. The van der Waals surface area contributed by atoms with E-state index in [0.717, 1.165) is 4.57 Å². The van der Waals surface area contributed by atoms with Crippen LogP contribution in [0.3, 0.4) is 0 Å². The third-order valence-corrected chi connectivity index (χ3v) is 8.92. The van der Waals surface area contributed by atoms with Crippen molar-refractivity contribution in [3.8, 4) is 0 Å². The first-order chi connectivity index (χ1) is 14.6. The van der Waals surface area contributed by atoms with Gasteiger partial charge in [0.1, 0.15) is 22.9 Å². The molecule has 2 heterocycles. The Morgan fingerprint density at radius 2 is 1.84 bits per heavy atom. The van der Waals surface area contributed by atoms with Gasteiger partial charge in [0.25, 0.3) is 0 Å². The van der Waals surface area contributed by atoms with E-state index in [0.29, 0.717) is 12.8 Å². The highest BCUT2D eigenvalue weighted by molar-refractivity contribution is 7.66. The quantitative estimate of drug-likeness (QED) is 0.175. The van der Waals surface area contributed by atoms with Crippen molar-refractivity contribution in [2.75, 3.05) is 12.3 Å². The predicted octanol–water partition coefficient (Wildman–Crippen LogP) is -0.185. The van der Waals surface area contributed by atoms with Crippen LogP contribution in [-0.4, -0.2) is 57.9 Å². The molecule has 1 saturated carbocycles. The molecule has 0 radical (unpaired) electrons. The number of hydrogen-bond donors (Lipinski definition) is 6. The van der Waals surface area contributed by atoms with Gasteiger partial charge in [-0.2, -0.15) is 13.6 Å². The predicted molar refractivity (Wildman–Crippen MR) is 104 cm³/mol. The largest absolute Gasteiger partial charge is 0.490 e. The summed E-state index contributed by atoms with van der Waals surface area (Å²) < 4.78 is 53.0. The maximum Gasteiger partial charge on any atom is 0.490 e. The molecule has 1 aliphatic heterocycles. The van der Waals surface area contributed by atoms with E-state index in [1.54, 1.807) is 0 Å². The van der Waals surface area contributed by atoms with E-state index >= 15 is 0 Å². The van der Waals surface area contributed by atoms with Gasteiger partial charge in [0.15, 0.2) is 6.23 Å². The first-order valence-corrected chi connectivity index (χ1v) is 13.6. The van der Waals surface area contributed by atoms with Gasteiger partial charge in [-0.15, -0.1) is 11.6 Å². The van der Waals surface area contributed by atoms with Crippen LogP contribution >= 0.6 is 35.1 Å². The highest BCUT2D eigenvalue weighted by Gasteiger charge is 2.62. The molecule has 2 unspecified atom stereocenters. The summed E-state index contributed by atoms with van der Waals surface area (Å²) in [6.45, 7) is -0.903. The van der Waals surface area contributed by atoms with Crippen LogP contribution in [0.15, 0.2) is 17.1 Å². The van der Waals surface area contributed by atoms with Crippen molar-refractivity contribution in [1.29, 1.82) is 0 Å². The van der Waals surface area contributed by atoms with Crippen LogP contribution in [0.4, 0.5) is 5.82 Å². The number of aliphatic hydroxyl groups excluding tert-OH is 1. The normalized spacial score (nSPS) is 32.4. The Balaban J connectivity index is 1.80. The molecule has 0 aromatic carbocycles. The topological polar surface area (TPSA) is 250 Å². The number of hydrogen-bond acceptors (Lipinski definition) is 11. The van der Waals surface area contributed by atoms with E-state index < -0.39 is 65.0 Å². The Labute approximate surface area is 184 Å². The summed E-state index contributed by atoms with van der Waals surface area (Å²) in [5.41, 5.74) is 2.87. The maximum absolute atomic E-state index is 12.1. The minimum atomic E-state index is -5.72. The number of phosphoric ester groups is 1. The van der Waals surface area contributed by atoms with Gasteiger partial charge in [-0.1, -0.05) is 0 Å². The molecule has 2 aliphatic rings. The molecule has 6 atom stereocenters. The summed E-state index contributed by atoms with van der Waals surface area (Å²) in [5, 5.41) is 9.49. The molecule has 20 heteroatoms. The van der Waals surface area contributed by atoms with Crippen LogP contribution in [0.1, 0.15) is 19.1 Å². The molecule has 32 heavy (non-hydrogen) atoms. The molecule has 1 saturated heterocycles. The van der Waals surface area contributed by atoms with Gasteiger partial charge in [-0.05, 0) is 24.8 Å². The fraction of sp³-hybridized carbons (Fsp3) is 0.667. The second-order valence-corrected chi connectivity index (χ2v) is 12.0. The zero-order chi connectivity index (χ0) is 24.1. The van der Waals surface area contributed by atoms with Crippen molar-refractivity contribution in [2.45, 2.75) is 36.2 Å². The van der Waals surface area contributed by atoms with Crippen LogP contribution in [0, 0.1) is 5.92 Å². The highest BCUT2D eigenvalue weighted by Crippen LogP contribution is 2.67. The molecule has 1 aliphatic carbocycles. The van der Waals surface area contributed by atoms with Gasteiger partial charge in [0, 0.05) is 6.20 Å². The Morgan fingerprint density at radius 1 is 1.22 bits per heavy atom. The summed E-state index contributed by atoms with van der Waals surface area (Å²) in [6.07, 6.45) is -0.622. The molecule has 0 spiro atoms. The number of aliphatic hydroxyl groups is 1. The molecular formula is C12H19ClN3O13P3. The van der Waals surface area contributed by atoms with Gasteiger partial charge in [0.05, 0.1) is 6.61 Å². The van der Waals surface area contributed by atoms with Gasteiger partial charge >= 0.3 is 29.2 Å². The van der Waals surface area contributed by atoms with Crippen LogP contribution in [0.2, 0.25) is 0 Å². The lowest BCUT2D eigenvalue weighted by Crippen LogP contribution is -2.48. The number of nitrogens with zero attached hydrogens (tertiary/aromatic N) is 2. The van der Waals surface area contributed by atoms with E-state index in [1.165, 1.54) is 12.3 Å². The van der Waals surface area contributed by atoms with Crippen molar-refractivity contribution in [2.24, 2.45) is 5.92 Å². The smallest absolute Gasteiger partial charge is 0.388 e. The molecular weight excluding hydrogens is 523 g/mol. The number of aromatic nitrogens is 2. The van der Waals surface area contributed by atoms with Gasteiger partial charge in [0.2, 0.25) is 0 Å². The van der Waals surface area contributed by atoms with Crippen molar-refractivity contribution < 1.29 is 56.3 Å². The number of phosphoric acid groups is 3. The zero-order valence-electron chi connectivity index (χ0n) is 15.8. The first kappa shape index (κ1) is 25.9. The molecule has 16 nitrogen and oxygen atoms in total. The SMILES string of the molecule is Nc1ccn([C@@H]2O[C@@](COP(=O)(O)OP(=O)(O)OP(=O)(O)O)(C3CC3)[C@@H](O)[C@H]2Cl)c(=O)n1. The summed E-state index contributed by atoms with van der Waals surface area (Å²) >= 11 is 6.26. The van der Waals surface area contributed by atoms with Crippen molar-refractivity contribution in [3.63, 3.8) is 0 Å². The summed E-state index contributed by atoms with van der Waals surface area (Å²) in [7, 11) is -16.8. The lowest BCUT2D eigenvalue weighted by Gasteiger charge is -2.32. The van der Waals surface area contributed by atoms with Crippen LogP contribution in [0.5, 0.6) is 0 Å². The Bertz CT molecular complexity index is 1080. The van der Waals surface area contributed by atoms with Gasteiger partial charge in [-0.3, -0.25) is 9.09 Å². The van der Waals surface area contributed by atoms with E-state index in [-0.39, 0.29) is 5.82 Å². The standard InChI is InChI=1S/C12H19ClN3O13P3/c13-8-9(17)12(6-1-2-6,27-10(8)16-4-3-7(14)15-11(16)18)5-26-31(22,23)29-32(24,25)28-30(19,20)21/h3-4,6,8-10,17H,1-2,5H2,(H,22,23)(H,24,25)(H2,14,15,18)(H2,19,20,21)/t8-,9+,10-,12+/m1/s1. The molecule has 3 rings (SSSR count). The van der Waals surface area contributed by atoms with E-state index in [1.807, 2.05) is 0 Å². The van der Waals surface area contributed by atoms with Crippen molar-refractivity contribution in [3.05, 3.63) is 22.7 Å². The minimum Gasteiger partial charge on any atom is -0.388 e. The lowest BCUT2D eigenvalue weighted by molar-refractivity contribution is -0.139. The number of rotatable bonds is 9. The summed E-state index contributed by atoms with van der Waals surface area (Å²) in [4.78, 5) is 51.8. The third kappa shape index (κ3) is 5.86.